The van der Waals surface area contributed by atoms with Gasteiger partial charge in [0.15, 0.2) is 5.76 Å². The maximum Gasteiger partial charge on any atom is 0.154 e. The van der Waals surface area contributed by atoms with E-state index >= 15 is 0 Å². The molecule has 0 aliphatic carbocycles. The van der Waals surface area contributed by atoms with E-state index in [1.54, 1.807) is 6.26 Å². The maximum atomic E-state index is 5.93. The number of nitrogens with zero attached hydrogens (tertiary/aromatic N) is 2. The molecule has 0 bridgehead atoms. The monoisotopic (exact) mass is 369 g/mol. The van der Waals surface area contributed by atoms with Crippen LogP contribution in [-0.4, -0.2) is 28.2 Å². The molecule has 3 aromatic heterocycles. The van der Waals surface area contributed by atoms with Gasteiger partial charge in [0.1, 0.15) is 5.69 Å². The van der Waals surface area contributed by atoms with E-state index in [1.807, 2.05) is 23.5 Å². The number of fused-ring (bicyclic) bond motifs is 1. The molecule has 1 saturated heterocycles. The molecule has 0 radical (unpaired) electrons. The van der Waals surface area contributed by atoms with Gasteiger partial charge >= 0.3 is 0 Å². The molecular weight excluding hydrogens is 346 g/mol. The largest absolute Gasteiger partial charge is 0.463 e. The highest BCUT2D eigenvalue weighted by atomic mass is 32.1. The highest BCUT2D eigenvalue weighted by molar-refractivity contribution is 7.12. The average molecular weight is 369 g/mol. The Bertz CT molecular complexity index is 862. The molecule has 1 fully saturated rings. The number of thiophene rings is 1. The van der Waals surface area contributed by atoms with Crippen molar-refractivity contribution in [2.45, 2.75) is 44.9 Å². The molecule has 0 saturated carbocycles. The molecule has 5 heterocycles. The van der Waals surface area contributed by atoms with Gasteiger partial charge in [0.2, 0.25) is 0 Å². The van der Waals surface area contributed by atoms with Crippen molar-refractivity contribution in [2.75, 3.05) is 13.2 Å². The molecule has 26 heavy (non-hydrogen) atoms. The van der Waals surface area contributed by atoms with Gasteiger partial charge in [-0.15, -0.1) is 11.3 Å². The van der Waals surface area contributed by atoms with Crippen LogP contribution in [0.2, 0.25) is 0 Å². The van der Waals surface area contributed by atoms with Crippen LogP contribution < -0.4 is 0 Å². The summed E-state index contributed by atoms with van der Waals surface area (Å²) in [5, 5.41) is 7.68. The van der Waals surface area contributed by atoms with Gasteiger partial charge in [-0.05, 0) is 43.5 Å². The minimum atomic E-state index is 0.315. The van der Waals surface area contributed by atoms with Crippen molar-refractivity contribution in [1.29, 1.82) is 0 Å². The van der Waals surface area contributed by atoms with Crippen molar-refractivity contribution in [3.63, 3.8) is 0 Å². The Labute approximate surface area is 157 Å². The lowest BCUT2D eigenvalue weighted by Crippen LogP contribution is -2.29. The number of aromatic amines is 1. The molecule has 2 aliphatic rings. The summed E-state index contributed by atoms with van der Waals surface area (Å²) in [6, 6.07) is 8.43. The van der Waals surface area contributed by atoms with Crippen LogP contribution in [0.3, 0.4) is 0 Å². The second-order valence-corrected chi connectivity index (χ2v) is 8.33. The normalized spacial score (nSPS) is 21.0. The smallest absolute Gasteiger partial charge is 0.154 e. The van der Waals surface area contributed by atoms with Crippen LogP contribution in [0.4, 0.5) is 0 Å². The predicted molar refractivity (Wildman–Crippen MR) is 101 cm³/mol. The van der Waals surface area contributed by atoms with E-state index in [0.29, 0.717) is 6.10 Å². The highest BCUT2D eigenvalue weighted by Gasteiger charge is 2.25. The number of nitrogens with one attached hydrogen (secondary N) is 1. The van der Waals surface area contributed by atoms with Crippen LogP contribution >= 0.6 is 11.3 Å². The van der Waals surface area contributed by atoms with Gasteiger partial charge in [0.05, 0.1) is 12.4 Å². The molecule has 1 N–H and O–H groups in total. The molecule has 6 heteroatoms. The number of hydrogen-bond donors (Lipinski definition) is 1. The lowest BCUT2D eigenvalue weighted by Gasteiger charge is -2.26. The summed E-state index contributed by atoms with van der Waals surface area (Å²) in [6.07, 6.45) is 6.67. The maximum absolute atomic E-state index is 5.93. The van der Waals surface area contributed by atoms with Crippen LogP contribution in [0.1, 0.15) is 46.4 Å². The third-order valence-electron chi connectivity index (χ3n) is 5.33. The lowest BCUT2D eigenvalue weighted by atomic mass is 10.0. The van der Waals surface area contributed by atoms with Gasteiger partial charge in [-0.25, -0.2) is 0 Å². The molecule has 3 aromatic rings. The number of H-pyrrole nitrogens is 1. The summed E-state index contributed by atoms with van der Waals surface area (Å²) in [5.41, 5.74) is 3.48. The number of furan rings is 1. The highest BCUT2D eigenvalue weighted by Crippen LogP contribution is 2.34. The molecule has 2 aliphatic heterocycles. The molecule has 136 valence electrons. The van der Waals surface area contributed by atoms with Gasteiger partial charge in [-0.1, -0.05) is 0 Å². The Morgan fingerprint density at radius 3 is 3.12 bits per heavy atom. The number of hydrogen-bond acceptors (Lipinski definition) is 5. The fourth-order valence-corrected chi connectivity index (χ4v) is 5.08. The summed E-state index contributed by atoms with van der Waals surface area (Å²) >= 11 is 1.91. The lowest BCUT2D eigenvalue weighted by molar-refractivity contribution is 0.0172. The molecule has 0 unspecified atom stereocenters. The standard InChI is InChI=1S/C20H23N3O2S/c1-2-10-24-17(4-1)19-7-6-14(26-19)12-23-9-8-16-15(13-23)20(22-21-16)18-5-3-11-25-18/h3,5-7,11,17H,1-2,4,8-10,12-13H2,(H,21,22)/t17-/m0/s1. The Kier molecular flexibility index (Phi) is 4.40. The third kappa shape index (κ3) is 3.13. The zero-order valence-electron chi connectivity index (χ0n) is 14.7. The Balaban J connectivity index is 1.29. The molecule has 5 rings (SSSR count). The Hall–Kier alpha value is -1.89. The van der Waals surface area contributed by atoms with Crippen LogP contribution in [0, 0.1) is 0 Å². The van der Waals surface area contributed by atoms with Gasteiger partial charge in [-0.3, -0.25) is 10.00 Å². The molecule has 0 aromatic carbocycles. The van der Waals surface area contributed by atoms with Gasteiger partial charge in [0.25, 0.3) is 0 Å². The SMILES string of the molecule is c1coc(-c2n[nH]c3c2CN(Cc2ccc([C@@H]4CCCCO4)s2)CC3)c1. The van der Waals surface area contributed by atoms with E-state index in [-0.39, 0.29) is 0 Å². The second kappa shape index (κ2) is 7.02. The van der Waals surface area contributed by atoms with Crippen molar-refractivity contribution in [3.8, 4) is 11.5 Å². The van der Waals surface area contributed by atoms with Gasteiger partial charge in [0, 0.05) is 53.7 Å². The Morgan fingerprint density at radius 2 is 2.27 bits per heavy atom. The van der Waals surface area contributed by atoms with E-state index in [9.17, 15) is 0 Å². The first-order chi connectivity index (χ1) is 12.9. The van der Waals surface area contributed by atoms with Gasteiger partial charge in [-0.2, -0.15) is 5.10 Å². The van der Waals surface area contributed by atoms with E-state index in [2.05, 4.69) is 27.2 Å². The quantitative estimate of drug-likeness (QED) is 0.734. The van der Waals surface area contributed by atoms with Crippen LogP contribution in [0.5, 0.6) is 0 Å². The fourth-order valence-electron chi connectivity index (χ4n) is 3.94. The van der Waals surface area contributed by atoms with E-state index in [4.69, 9.17) is 9.15 Å². The molecule has 0 spiro atoms. The summed E-state index contributed by atoms with van der Waals surface area (Å²) in [6.45, 7) is 3.86. The molecular formula is C20H23N3O2S. The zero-order chi connectivity index (χ0) is 17.3. The van der Waals surface area contributed by atoms with Crippen molar-refractivity contribution in [2.24, 2.45) is 0 Å². The van der Waals surface area contributed by atoms with E-state index in [0.717, 1.165) is 50.5 Å². The zero-order valence-corrected chi connectivity index (χ0v) is 15.6. The average Bonchev–Trinajstić information content (AvgIpc) is 3.42. The van der Waals surface area contributed by atoms with Crippen LogP contribution in [-0.2, 0) is 24.2 Å². The Morgan fingerprint density at radius 1 is 1.27 bits per heavy atom. The molecule has 0 amide bonds. The van der Waals surface area contributed by atoms with Crippen molar-refractivity contribution in [1.82, 2.24) is 15.1 Å². The van der Waals surface area contributed by atoms with E-state index in [1.165, 1.54) is 33.9 Å². The predicted octanol–water partition coefficient (Wildman–Crippen LogP) is 4.53. The minimum absolute atomic E-state index is 0.315. The number of ether oxygens (including phenoxy) is 1. The molecule has 1 atom stereocenters. The first-order valence-electron chi connectivity index (χ1n) is 9.39. The first kappa shape index (κ1) is 16.3. The van der Waals surface area contributed by atoms with Crippen LogP contribution in [0.15, 0.2) is 34.9 Å². The minimum Gasteiger partial charge on any atom is -0.463 e. The van der Waals surface area contributed by atoms with Crippen LogP contribution in [0.25, 0.3) is 11.5 Å². The number of rotatable bonds is 4. The molecule has 5 nitrogen and oxygen atoms in total. The van der Waals surface area contributed by atoms with Crippen molar-refractivity contribution >= 4 is 11.3 Å². The summed E-state index contributed by atoms with van der Waals surface area (Å²) in [5.74, 6) is 0.845. The fraction of sp³-hybridized carbons (Fsp3) is 0.450. The van der Waals surface area contributed by atoms with E-state index < -0.39 is 0 Å². The summed E-state index contributed by atoms with van der Waals surface area (Å²) in [4.78, 5) is 5.31. The first-order valence-corrected chi connectivity index (χ1v) is 10.2. The third-order valence-corrected chi connectivity index (χ3v) is 6.49. The van der Waals surface area contributed by atoms with Crippen molar-refractivity contribution < 1.29 is 9.15 Å². The van der Waals surface area contributed by atoms with Gasteiger partial charge < -0.3 is 9.15 Å². The summed E-state index contributed by atoms with van der Waals surface area (Å²) in [7, 11) is 0. The topological polar surface area (TPSA) is 54.3 Å². The second-order valence-electron chi connectivity index (χ2n) is 7.13. The van der Waals surface area contributed by atoms with Crippen molar-refractivity contribution in [3.05, 3.63) is 51.5 Å². The number of aromatic nitrogens is 2. The summed E-state index contributed by atoms with van der Waals surface area (Å²) < 4.78 is 11.5.